The van der Waals surface area contributed by atoms with Crippen LogP contribution >= 0.6 is 15.9 Å². The van der Waals surface area contributed by atoms with Crippen molar-refractivity contribution in [2.45, 2.75) is 19.9 Å². The molecule has 4 heteroatoms. The first-order valence-corrected chi connectivity index (χ1v) is 6.48. The molecule has 1 aromatic heterocycles. The van der Waals surface area contributed by atoms with E-state index >= 15 is 0 Å². The predicted molar refractivity (Wildman–Crippen MR) is 73.5 cm³/mol. The molecule has 0 aliphatic heterocycles. The molecule has 2 rings (SSSR count). The summed E-state index contributed by atoms with van der Waals surface area (Å²) in [7, 11) is 0. The average molecular weight is 308 g/mol. The molecule has 0 aliphatic rings. The largest absolute Gasteiger partial charge is 0.457 e. The smallest absolute Gasteiger partial charge is 0.256 e. The summed E-state index contributed by atoms with van der Waals surface area (Å²) in [5, 5.41) is 2.95. The van der Waals surface area contributed by atoms with Gasteiger partial charge in [0.2, 0.25) is 0 Å². The van der Waals surface area contributed by atoms with Crippen molar-refractivity contribution in [2.24, 2.45) is 0 Å². The fourth-order valence-corrected chi connectivity index (χ4v) is 2.30. The van der Waals surface area contributed by atoms with Crippen molar-refractivity contribution in [3.8, 4) is 0 Å². The van der Waals surface area contributed by atoms with E-state index in [0.29, 0.717) is 10.2 Å². The minimum Gasteiger partial charge on any atom is -0.457 e. The van der Waals surface area contributed by atoms with Crippen LogP contribution < -0.4 is 5.32 Å². The van der Waals surface area contributed by atoms with Crippen molar-refractivity contribution in [1.29, 1.82) is 0 Å². The first-order valence-electron chi connectivity index (χ1n) is 5.69. The first kappa shape index (κ1) is 12.9. The SMILES string of the molecule is Cc1ccccc1C(C)NC(=O)c1ccoc1Br. The van der Waals surface area contributed by atoms with Crippen LogP contribution in [0.15, 0.2) is 45.7 Å². The van der Waals surface area contributed by atoms with E-state index in [1.807, 2.05) is 38.1 Å². The Hall–Kier alpha value is -1.55. The van der Waals surface area contributed by atoms with Crippen molar-refractivity contribution in [1.82, 2.24) is 5.32 Å². The summed E-state index contributed by atoms with van der Waals surface area (Å²) < 4.78 is 5.51. The molecule has 0 saturated heterocycles. The third-order valence-corrected chi connectivity index (χ3v) is 3.48. The maximum atomic E-state index is 12.0. The number of hydrogen-bond donors (Lipinski definition) is 1. The zero-order valence-corrected chi connectivity index (χ0v) is 11.8. The molecule has 0 fully saturated rings. The summed E-state index contributed by atoms with van der Waals surface area (Å²) in [5.74, 6) is -0.147. The second-order valence-corrected chi connectivity index (χ2v) is 4.88. The van der Waals surface area contributed by atoms with E-state index in [-0.39, 0.29) is 11.9 Å². The molecule has 0 bridgehead atoms. The van der Waals surface area contributed by atoms with E-state index in [4.69, 9.17) is 4.42 Å². The number of nitrogens with one attached hydrogen (secondary N) is 1. The molecule has 0 spiro atoms. The standard InChI is InChI=1S/C14H14BrNO2/c1-9-5-3-4-6-11(9)10(2)16-14(17)12-7-8-18-13(12)15/h3-8,10H,1-2H3,(H,16,17). The fraction of sp³-hybridized carbons (Fsp3) is 0.214. The quantitative estimate of drug-likeness (QED) is 0.936. The molecule has 1 heterocycles. The molecular weight excluding hydrogens is 294 g/mol. The highest BCUT2D eigenvalue weighted by Gasteiger charge is 2.16. The van der Waals surface area contributed by atoms with Crippen LogP contribution in [-0.4, -0.2) is 5.91 Å². The summed E-state index contributed by atoms with van der Waals surface area (Å²) >= 11 is 3.20. The number of halogens is 1. The van der Waals surface area contributed by atoms with E-state index in [1.165, 1.54) is 6.26 Å². The number of furan rings is 1. The lowest BCUT2D eigenvalue weighted by atomic mass is 10.0. The molecule has 0 aliphatic carbocycles. The highest BCUT2D eigenvalue weighted by Crippen LogP contribution is 2.20. The number of carbonyl (C=O) groups excluding carboxylic acids is 1. The van der Waals surface area contributed by atoms with Crippen molar-refractivity contribution >= 4 is 21.8 Å². The Morgan fingerprint density at radius 1 is 1.33 bits per heavy atom. The highest BCUT2D eigenvalue weighted by molar-refractivity contribution is 9.10. The van der Waals surface area contributed by atoms with Gasteiger partial charge in [0.1, 0.15) is 0 Å². The second-order valence-electron chi connectivity index (χ2n) is 4.16. The zero-order chi connectivity index (χ0) is 13.1. The lowest BCUT2D eigenvalue weighted by Gasteiger charge is -2.16. The lowest BCUT2D eigenvalue weighted by molar-refractivity contribution is 0.0938. The highest BCUT2D eigenvalue weighted by atomic mass is 79.9. The molecular formula is C14H14BrNO2. The summed E-state index contributed by atoms with van der Waals surface area (Å²) in [6.45, 7) is 4.00. The lowest BCUT2D eigenvalue weighted by Crippen LogP contribution is -2.26. The Bertz CT molecular complexity index is 562. The molecule has 1 atom stereocenters. The summed E-state index contributed by atoms with van der Waals surface area (Å²) in [6.07, 6.45) is 1.48. The van der Waals surface area contributed by atoms with Crippen LogP contribution in [0.3, 0.4) is 0 Å². The van der Waals surface area contributed by atoms with Gasteiger partial charge < -0.3 is 9.73 Å². The van der Waals surface area contributed by atoms with Gasteiger partial charge in [0.05, 0.1) is 17.9 Å². The van der Waals surface area contributed by atoms with Gasteiger partial charge >= 0.3 is 0 Å². The van der Waals surface area contributed by atoms with Crippen LogP contribution in [-0.2, 0) is 0 Å². The molecule has 94 valence electrons. The van der Waals surface area contributed by atoms with Crippen LogP contribution in [0.1, 0.15) is 34.5 Å². The second kappa shape index (κ2) is 5.40. The number of aryl methyl sites for hydroxylation is 1. The molecule has 1 unspecified atom stereocenters. The van der Waals surface area contributed by atoms with E-state index < -0.39 is 0 Å². The Balaban J connectivity index is 2.13. The van der Waals surface area contributed by atoms with Gasteiger partial charge in [-0.15, -0.1) is 0 Å². The Labute approximate surface area is 114 Å². The van der Waals surface area contributed by atoms with Crippen molar-refractivity contribution in [2.75, 3.05) is 0 Å². The van der Waals surface area contributed by atoms with E-state index in [9.17, 15) is 4.79 Å². The van der Waals surface area contributed by atoms with Gasteiger partial charge in [-0.2, -0.15) is 0 Å². The maximum absolute atomic E-state index is 12.0. The number of amides is 1. The first-order chi connectivity index (χ1) is 8.59. The van der Waals surface area contributed by atoms with Gasteiger partial charge in [-0.1, -0.05) is 24.3 Å². The molecule has 0 radical (unpaired) electrons. The van der Waals surface area contributed by atoms with Gasteiger partial charge in [-0.05, 0) is 47.0 Å². The molecule has 0 saturated carbocycles. The molecule has 1 aromatic carbocycles. The van der Waals surface area contributed by atoms with Crippen molar-refractivity contribution < 1.29 is 9.21 Å². The van der Waals surface area contributed by atoms with Crippen LogP contribution in [0.4, 0.5) is 0 Å². The van der Waals surface area contributed by atoms with Crippen LogP contribution in [0, 0.1) is 6.92 Å². The third-order valence-electron chi connectivity index (χ3n) is 2.87. The number of rotatable bonds is 3. The molecule has 2 aromatic rings. The monoisotopic (exact) mass is 307 g/mol. The van der Waals surface area contributed by atoms with Gasteiger partial charge in [-0.25, -0.2) is 0 Å². The Morgan fingerprint density at radius 2 is 2.06 bits per heavy atom. The zero-order valence-electron chi connectivity index (χ0n) is 10.2. The summed E-state index contributed by atoms with van der Waals surface area (Å²) in [5.41, 5.74) is 2.79. The van der Waals surface area contributed by atoms with Gasteiger partial charge in [-0.3, -0.25) is 4.79 Å². The van der Waals surface area contributed by atoms with Crippen LogP contribution in [0.2, 0.25) is 0 Å². The van der Waals surface area contributed by atoms with Gasteiger partial charge in [0, 0.05) is 0 Å². The van der Waals surface area contributed by atoms with E-state index in [0.717, 1.165) is 11.1 Å². The van der Waals surface area contributed by atoms with Gasteiger partial charge in [0.15, 0.2) is 4.67 Å². The predicted octanol–water partition coefficient (Wildman–Crippen LogP) is 3.84. The van der Waals surface area contributed by atoms with Crippen LogP contribution in [0.5, 0.6) is 0 Å². The maximum Gasteiger partial charge on any atom is 0.256 e. The number of carbonyl (C=O) groups is 1. The van der Waals surface area contributed by atoms with Gasteiger partial charge in [0.25, 0.3) is 5.91 Å². The van der Waals surface area contributed by atoms with Crippen molar-refractivity contribution in [3.05, 3.63) is 58.0 Å². The molecule has 1 N–H and O–H groups in total. The van der Waals surface area contributed by atoms with E-state index in [1.54, 1.807) is 6.07 Å². The molecule has 3 nitrogen and oxygen atoms in total. The normalized spacial score (nSPS) is 12.2. The minimum absolute atomic E-state index is 0.0412. The third kappa shape index (κ3) is 2.64. The fourth-order valence-electron chi connectivity index (χ4n) is 1.88. The van der Waals surface area contributed by atoms with Crippen LogP contribution in [0.25, 0.3) is 0 Å². The summed E-state index contributed by atoms with van der Waals surface area (Å²) in [4.78, 5) is 12.0. The Kier molecular flexibility index (Phi) is 3.87. The Morgan fingerprint density at radius 3 is 2.67 bits per heavy atom. The topological polar surface area (TPSA) is 42.2 Å². The molecule has 18 heavy (non-hydrogen) atoms. The molecule has 1 amide bonds. The van der Waals surface area contributed by atoms with Crippen molar-refractivity contribution in [3.63, 3.8) is 0 Å². The van der Waals surface area contributed by atoms with E-state index in [2.05, 4.69) is 21.2 Å². The number of hydrogen-bond acceptors (Lipinski definition) is 2. The summed E-state index contributed by atoms with van der Waals surface area (Å²) in [6, 6.07) is 9.61. The minimum atomic E-state index is -0.147. The average Bonchev–Trinajstić information content (AvgIpc) is 2.76. The number of benzene rings is 1.